The lowest BCUT2D eigenvalue weighted by atomic mass is 10.0. The van der Waals surface area contributed by atoms with Gasteiger partial charge in [0.25, 0.3) is 0 Å². The topological polar surface area (TPSA) is 55.1 Å². The van der Waals surface area contributed by atoms with Crippen molar-refractivity contribution in [2.45, 2.75) is 39.2 Å². The smallest absolute Gasteiger partial charge is 0.230 e. The lowest BCUT2D eigenvalue weighted by molar-refractivity contribution is -0.121. The van der Waals surface area contributed by atoms with Crippen LogP contribution < -0.4 is 11.1 Å². The predicted molar refractivity (Wildman–Crippen MR) is 76.9 cm³/mol. The molecule has 1 unspecified atom stereocenters. The summed E-state index contributed by atoms with van der Waals surface area (Å²) in [6.45, 7) is 4.02. The Morgan fingerprint density at radius 3 is 2.33 bits per heavy atom. The van der Waals surface area contributed by atoms with Gasteiger partial charge in [0.15, 0.2) is 0 Å². The summed E-state index contributed by atoms with van der Waals surface area (Å²) in [6, 6.07) is 7.80. The molecule has 2 rings (SSSR count). The first-order valence-corrected chi connectivity index (χ1v) is 6.24. The molecule has 1 aliphatic rings. The maximum atomic E-state index is 12.0. The van der Waals surface area contributed by atoms with Crippen LogP contribution in [-0.4, -0.2) is 5.91 Å². The second-order valence-electron chi connectivity index (χ2n) is 5.00. The largest absolute Gasteiger partial charge is 0.326 e. The first kappa shape index (κ1) is 15.0. The van der Waals surface area contributed by atoms with Crippen LogP contribution in [0.3, 0.4) is 0 Å². The Labute approximate surface area is 115 Å². The van der Waals surface area contributed by atoms with E-state index in [9.17, 15) is 4.79 Å². The third kappa shape index (κ3) is 3.03. The molecule has 0 bridgehead atoms. The average Bonchev–Trinajstić information content (AvgIpc) is 3.10. The maximum Gasteiger partial charge on any atom is 0.230 e. The average molecular weight is 269 g/mol. The van der Waals surface area contributed by atoms with Crippen molar-refractivity contribution in [2.24, 2.45) is 11.1 Å². The van der Waals surface area contributed by atoms with Crippen molar-refractivity contribution in [3.05, 3.63) is 29.8 Å². The van der Waals surface area contributed by atoms with E-state index in [0.29, 0.717) is 0 Å². The molecule has 1 aromatic rings. The Bertz CT molecular complexity index is 410. The number of amides is 1. The molecule has 18 heavy (non-hydrogen) atoms. The monoisotopic (exact) mass is 268 g/mol. The molecule has 0 spiro atoms. The summed E-state index contributed by atoms with van der Waals surface area (Å²) in [6.07, 6.45) is 2.97. The molecule has 1 aromatic carbocycles. The fourth-order valence-corrected chi connectivity index (χ4v) is 2.03. The fraction of sp³-hybridized carbons (Fsp3) is 0.500. The Balaban J connectivity index is 0.00000162. The van der Waals surface area contributed by atoms with Crippen LogP contribution in [0.5, 0.6) is 0 Å². The quantitative estimate of drug-likeness (QED) is 0.881. The highest BCUT2D eigenvalue weighted by atomic mass is 35.5. The minimum Gasteiger partial charge on any atom is -0.326 e. The molecule has 1 amide bonds. The van der Waals surface area contributed by atoms with Gasteiger partial charge in [-0.3, -0.25) is 4.79 Å². The van der Waals surface area contributed by atoms with Crippen molar-refractivity contribution >= 4 is 24.0 Å². The number of hydrogen-bond donors (Lipinski definition) is 2. The number of nitrogens with one attached hydrogen (secondary N) is 1. The lowest BCUT2D eigenvalue weighted by Gasteiger charge is -2.13. The molecule has 4 heteroatoms. The van der Waals surface area contributed by atoms with Crippen LogP contribution in [0.2, 0.25) is 0 Å². The molecular weight excluding hydrogens is 248 g/mol. The number of carbonyl (C=O) groups is 1. The Morgan fingerprint density at radius 1 is 1.39 bits per heavy atom. The Hall–Kier alpha value is -1.06. The summed E-state index contributed by atoms with van der Waals surface area (Å²) in [5.74, 6) is 0.161. The number of nitrogens with two attached hydrogens (primary N) is 1. The first-order chi connectivity index (χ1) is 8.07. The highest BCUT2D eigenvalue weighted by Crippen LogP contribution is 2.49. The molecule has 0 aliphatic heterocycles. The van der Waals surface area contributed by atoms with E-state index in [1.165, 1.54) is 0 Å². The van der Waals surface area contributed by atoms with Crippen LogP contribution in [-0.2, 0) is 4.79 Å². The summed E-state index contributed by atoms with van der Waals surface area (Å²) in [4.78, 5) is 12.0. The van der Waals surface area contributed by atoms with Crippen molar-refractivity contribution in [3.63, 3.8) is 0 Å². The van der Waals surface area contributed by atoms with Crippen LogP contribution >= 0.6 is 12.4 Å². The van der Waals surface area contributed by atoms with Crippen molar-refractivity contribution in [2.75, 3.05) is 5.32 Å². The third-order valence-electron chi connectivity index (χ3n) is 3.71. The molecule has 3 N–H and O–H groups in total. The highest BCUT2D eigenvalue weighted by molar-refractivity contribution is 5.97. The number of benzene rings is 1. The summed E-state index contributed by atoms with van der Waals surface area (Å²) < 4.78 is 0. The van der Waals surface area contributed by atoms with Gasteiger partial charge in [-0.1, -0.05) is 19.1 Å². The van der Waals surface area contributed by atoms with Gasteiger partial charge in [0.2, 0.25) is 5.91 Å². The van der Waals surface area contributed by atoms with E-state index in [0.717, 1.165) is 30.5 Å². The zero-order valence-electron chi connectivity index (χ0n) is 10.9. The van der Waals surface area contributed by atoms with E-state index in [1.807, 2.05) is 31.2 Å². The van der Waals surface area contributed by atoms with Crippen LogP contribution in [0.15, 0.2) is 24.3 Å². The molecule has 0 heterocycles. The van der Waals surface area contributed by atoms with Crippen molar-refractivity contribution < 1.29 is 4.79 Å². The van der Waals surface area contributed by atoms with E-state index < -0.39 is 0 Å². The van der Waals surface area contributed by atoms with Crippen LogP contribution in [0, 0.1) is 5.41 Å². The van der Waals surface area contributed by atoms with Crippen LogP contribution in [0.4, 0.5) is 5.69 Å². The fourth-order valence-electron chi connectivity index (χ4n) is 2.03. The van der Waals surface area contributed by atoms with E-state index in [2.05, 4.69) is 12.2 Å². The van der Waals surface area contributed by atoms with Gasteiger partial charge in [0, 0.05) is 17.1 Å². The highest BCUT2D eigenvalue weighted by Gasteiger charge is 2.47. The minimum absolute atomic E-state index is 0. The molecule has 1 aliphatic carbocycles. The molecule has 0 saturated heterocycles. The van der Waals surface area contributed by atoms with Crippen LogP contribution in [0.25, 0.3) is 0 Å². The normalized spacial score (nSPS) is 17.5. The SMILES string of the molecule is CCC1(C(=O)Nc2ccc(C(C)N)cc2)CC1.Cl. The summed E-state index contributed by atoms with van der Waals surface area (Å²) in [5.41, 5.74) is 7.64. The maximum absolute atomic E-state index is 12.0. The van der Waals surface area contributed by atoms with E-state index in [4.69, 9.17) is 5.73 Å². The number of carbonyl (C=O) groups excluding carboxylic acids is 1. The van der Waals surface area contributed by atoms with Gasteiger partial charge < -0.3 is 11.1 Å². The zero-order chi connectivity index (χ0) is 12.5. The number of rotatable bonds is 4. The van der Waals surface area contributed by atoms with Gasteiger partial charge in [0.1, 0.15) is 0 Å². The van der Waals surface area contributed by atoms with Gasteiger partial charge in [0.05, 0.1) is 0 Å². The summed E-state index contributed by atoms with van der Waals surface area (Å²) in [7, 11) is 0. The predicted octanol–water partition coefficient (Wildman–Crippen LogP) is 3.26. The molecule has 0 aromatic heterocycles. The van der Waals surface area contributed by atoms with Crippen molar-refractivity contribution in [1.29, 1.82) is 0 Å². The van der Waals surface area contributed by atoms with Crippen LogP contribution in [0.1, 0.15) is 44.7 Å². The summed E-state index contributed by atoms with van der Waals surface area (Å²) in [5, 5.41) is 2.98. The van der Waals surface area contributed by atoms with Gasteiger partial charge >= 0.3 is 0 Å². The molecule has 3 nitrogen and oxygen atoms in total. The van der Waals surface area contributed by atoms with E-state index in [1.54, 1.807) is 0 Å². The van der Waals surface area contributed by atoms with Gasteiger partial charge in [-0.2, -0.15) is 0 Å². The second-order valence-corrected chi connectivity index (χ2v) is 5.00. The third-order valence-corrected chi connectivity index (χ3v) is 3.71. The molecule has 100 valence electrons. The Kier molecular flexibility index (Phi) is 4.77. The second kappa shape index (κ2) is 5.72. The lowest BCUT2D eigenvalue weighted by Crippen LogP contribution is -2.23. The minimum atomic E-state index is -0.0835. The number of halogens is 1. The molecule has 1 saturated carbocycles. The standard InChI is InChI=1S/C14H20N2O.ClH/c1-3-14(8-9-14)13(17)16-12-6-4-11(5-7-12)10(2)15;/h4-7,10H,3,8-9,15H2,1-2H3,(H,16,17);1H. The number of hydrogen-bond acceptors (Lipinski definition) is 2. The molecule has 0 radical (unpaired) electrons. The molecule has 1 atom stereocenters. The van der Waals surface area contributed by atoms with Gasteiger partial charge in [-0.15, -0.1) is 12.4 Å². The molecular formula is C14H21ClN2O. The van der Waals surface area contributed by atoms with Crippen molar-refractivity contribution in [3.8, 4) is 0 Å². The Morgan fingerprint density at radius 2 is 1.94 bits per heavy atom. The van der Waals surface area contributed by atoms with Gasteiger partial charge in [-0.05, 0) is 43.9 Å². The molecule has 1 fully saturated rings. The first-order valence-electron chi connectivity index (χ1n) is 6.24. The van der Waals surface area contributed by atoms with E-state index >= 15 is 0 Å². The summed E-state index contributed by atoms with van der Waals surface area (Å²) >= 11 is 0. The van der Waals surface area contributed by atoms with Gasteiger partial charge in [-0.25, -0.2) is 0 Å². The zero-order valence-corrected chi connectivity index (χ0v) is 11.7. The van der Waals surface area contributed by atoms with E-state index in [-0.39, 0.29) is 29.8 Å². The number of anilines is 1. The van der Waals surface area contributed by atoms with Crippen molar-refractivity contribution in [1.82, 2.24) is 0 Å².